The van der Waals surface area contributed by atoms with E-state index in [0.29, 0.717) is 6.54 Å². The molecular weight excluding hydrogens is 308 g/mol. The number of amides is 1. The molecular formula is C14H19BrN2O2. The van der Waals surface area contributed by atoms with Gasteiger partial charge in [-0.25, -0.2) is 0 Å². The fraction of sp³-hybridized carbons (Fsp3) is 0.500. The first-order valence-electron chi connectivity index (χ1n) is 6.55. The molecule has 0 saturated carbocycles. The zero-order chi connectivity index (χ0) is 13.8. The number of hydrogen-bond acceptors (Lipinski definition) is 3. The molecule has 1 heterocycles. The number of para-hydroxylation sites is 1. The van der Waals surface area contributed by atoms with Gasteiger partial charge in [0.1, 0.15) is 0 Å². The molecule has 5 heteroatoms. The van der Waals surface area contributed by atoms with Crippen molar-refractivity contribution in [1.82, 2.24) is 4.90 Å². The minimum Gasteiger partial charge on any atom is -0.392 e. The number of β-amino-alcohol motifs (C(OH)–C–C–N with tert-alkyl or cyclic N) is 1. The number of aliphatic hydroxyl groups is 1. The summed E-state index contributed by atoms with van der Waals surface area (Å²) in [6.45, 7) is 3.32. The van der Waals surface area contributed by atoms with Gasteiger partial charge in [-0.2, -0.15) is 0 Å². The Kier molecular flexibility index (Phi) is 4.96. The van der Waals surface area contributed by atoms with Gasteiger partial charge in [0.05, 0.1) is 17.8 Å². The van der Waals surface area contributed by atoms with Crippen molar-refractivity contribution in [1.29, 1.82) is 0 Å². The summed E-state index contributed by atoms with van der Waals surface area (Å²) >= 11 is 3.41. The highest BCUT2D eigenvalue weighted by atomic mass is 79.9. The molecule has 2 unspecified atom stereocenters. The number of rotatable bonds is 3. The monoisotopic (exact) mass is 326 g/mol. The molecule has 19 heavy (non-hydrogen) atoms. The van der Waals surface area contributed by atoms with Crippen LogP contribution in [0.5, 0.6) is 0 Å². The second kappa shape index (κ2) is 6.50. The van der Waals surface area contributed by atoms with Gasteiger partial charge in [-0.15, -0.1) is 0 Å². The van der Waals surface area contributed by atoms with E-state index in [0.717, 1.165) is 29.5 Å². The summed E-state index contributed by atoms with van der Waals surface area (Å²) in [4.78, 5) is 14.2. The number of hydrogen-bond donors (Lipinski definition) is 2. The minimum absolute atomic E-state index is 0.0407. The summed E-state index contributed by atoms with van der Waals surface area (Å²) in [5, 5.41) is 12.6. The van der Waals surface area contributed by atoms with Gasteiger partial charge >= 0.3 is 0 Å². The average molecular weight is 327 g/mol. The van der Waals surface area contributed by atoms with E-state index in [1.807, 2.05) is 36.1 Å². The number of anilines is 1. The number of nitrogens with one attached hydrogen (secondary N) is 1. The van der Waals surface area contributed by atoms with Gasteiger partial charge in [-0.05, 0) is 54.4 Å². The van der Waals surface area contributed by atoms with Crippen molar-refractivity contribution in [2.45, 2.75) is 31.9 Å². The fourth-order valence-corrected chi connectivity index (χ4v) is 2.68. The Balaban J connectivity index is 1.97. The van der Waals surface area contributed by atoms with Gasteiger partial charge in [0, 0.05) is 11.0 Å². The molecule has 1 fully saturated rings. The predicted molar refractivity (Wildman–Crippen MR) is 79.0 cm³/mol. The zero-order valence-corrected chi connectivity index (χ0v) is 12.6. The summed E-state index contributed by atoms with van der Waals surface area (Å²) in [7, 11) is 0. The van der Waals surface area contributed by atoms with E-state index >= 15 is 0 Å². The van der Waals surface area contributed by atoms with Crippen molar-refractivity contribution >= 4 is 27.5 Å². The molecule has 1 aliphatic rings. The Morgan fingerprint density at radius 1 is 1.53 bits per heavy atom. The lowest BCUT2D eigenvalue weighted by Gasteiger charge is -2.34. The van der Waals surface area contributed by atoms with Gasteiger partial charge in [0.2, 0.25) is 5.91 Å². The number of carbonyl (C=O) groups excluding carboxylic acids is 1. The lowest BCUT2D eigenvalue weighted by molar-refractivity contribution is -0.121. The summed E-state index contributed by atoms with van der Waals surface area (Å²) in [6, 6.07) is 7.31. The van der Waals surface area contributed by atoms with Crippen molar-refractivity contribution in [3.8, 4) is 0 Å². The maximum Gasteiger partial charge on any atom is 0.241 e. The Hall–Kier alpha value is -0.910. The second-order valence-electron chi connectivity index (χ2n) is 4.94. The summed E-state index contributed by atoms with van der Waals surface area (Å²) in [6.07, 6.45) is 1.45. The first kappa shape index (κ1) is 14.5. The van der Waals surface area contributed by atoms with Crippen LogP contribution in [-0.2, 0) is 4.79 Å². The maximum atomic E-state index is 12.2. The van der Waals surface area contributed by atoms with E-state index in [2.05, 4.69) is 21.2 Å². The first-order chi connectivity index (χ1) is 9.08. The lowest BCUT2D eigenvalue weighted by Crippen LogP contribution is -2.48. The van der Waals surface area contributed by atoms with Crippen molar-refractivity contribution in [3.05, 3.63) is 28.7 Å². The van der Waals surface area contributed by atoms with Crippen molar-refractivity contribution in [3.63, 3.8) is 0 Å². The Morgan fingerprint density at radius 3 is 2.95 bits per heavy atom. The Labute approximate surface area is 121 Å². The normalized spacial score (nSPS) is 21.9. The van der Waals surface area contributed by atoms with Crippen LogP contribution < -0.4 is 5.32 Å². The molecule has 4 nitrogen and oxygen atoms in total. The highest BCUT2D eigenvalue weighted by molar-refractivity contribution is 9.10. The molecule has 1 aromatic rings. The van der Waals surface area contributed by atoms with Crippen LogP contribution in [-0.4, -0.2) is 41.1 Å². The molecule has 2 N–H and O–H groups in total. The molecule has 0 aromatic heterocycles. The van der Waals surface area contributed by atoms with Crippen LogP contribution in [0.3, 0.4) is 0 Å². The largest absolute Gasteiger partial charge is 0.392 e. The maximum absolute atomic E-state index is 12.2. The number of benzene rings is 1. The van der Waals surface area contributed by atoms with E-state index < -0.39 is 0 Å². The van der Waals surface area contributed by atoms with Gasteiger partial charge in [0.15, 0.2) is 0 Å². The Morgan fingerprint density at radius 2 is 2.26 bits per heavy atom. The zero-order valence-electron chi connectivity index (χ0n) is 11.0. The van der Waals surface area contributed by atoms with E-state index in [9.17, 15) is 9.90 Å². The number of piperidine rings is 1. The third-order valence-electron chi connectivity index (χ3n) is 3.49. The topological polar surface area (TPSA) is 52.6 Å². The predicted octanol–water partition coefficient (Wildman–Crippen LogP) is 2.23. The number of likely N-dealkylation sites (tertiary alicyclic amines) is 1. The highest BCUT2D eigenvalue weighted by Crippen LogP contribution is 2.22. The summed E-state index contributed by atoms with van der Waals surface area (Å²) in [5.74, 6) is -0.0407. The number of halogens is 1. The van der Waals surface area contributed by atoms with Crippen LogP contribution in [0.25, 0.3) is 0 Å². The third-order valence-corrected chi connectivity index (χ3v) is 4.18. The van der Waals surface area contributed by atoms with Crippen LogP contribution in [0.15, 0.2) is 28.7 Å². The van der Waals surface area contributed by atoms with Crippen LogP contribution in [0.2, 0.25) is 0 Å². The molecule has 1 aromatic carbocycles. The number of carbonyl (C=O) groups is 1. The van der Waals surface area contributed by atoms with Crippen LogP contribution in [0.4, 0.5) is 5.69 Å². The third kappa shape index (κ3) is 3.78. The van der Waals surface area contributed by atoms with Crippen LogP contribution in [0.1, 0.15) is 19.8 Å². The summed E-state index contributed by atoms with van der Waals surface area (Å²) in [5.41, 5.74) is 0.775. The molecule has 2 rings (SSSR count). The fourth-order valence-electron chi connectivity index (χ4n) is 2.30. The van der Waals surface area contributed by atoms with E-state index in [-0.39, 0.29) is 18.1 Å². The Bertz CT molecular complexity index is 453. The van der Waals surface area contributed by atoms with E-state index in [1.165, 1.54) is 0 Å². The number of nitrogens with zero attached hydrogens (tertiary/aromatic N) is 1. The van der Waals surface area contributed by atoms with Crippen molar-refractivity contribution in [2.75, 3.05) is 18.4 Å². The molecule has 0 bridgehead atoms. The second-order valence-corrected chi connectivity index (χ2v) is 5.79. The van der Waals surface area contributed by atoms with Gasteiger partial charge < -0.3 is 10.4 Å². The smallest absolute Gasteiger partial charge is 0.241 e. The van der Waals surface area contributed by atoms with E-state index in [1.54, 1.807) is 0 Å². The molecule has 0 aliphatic carbocycles. The summed E-state index contributed by atoms with van der Waals surface area (Å²) < 4.78 is 0.870. The van der Waals surface area contributed by atoms with Crippen LogP contribution >= 0.6 is 15.9 Å². The molecule has 1 aliphatic heterocycles. The SMILES string of the molecule is CC(C(=O)Nc1ccccc1Br)N1CCCC(O)C1. The minimum atomic E-state index is -0.313. The quantitative estimate of drug-likeness (QED) is 0.895. The van der Waals surface area contributed by atoms with Crippen molar-refractivity contribution in [2.24, 2.45) is 0 Å². The standard InChI is InChI=1S/C14H19BrN2O2/c1-10(17-8-4-5-11(18)9-17)14(19)16-13-7-3-2-6-12(13)15/h2-3,6-7,10-11,18H,4-5,8-9H2,1H3,(H,16,19). The van der Waals surface area contributed by atoms with Crippen molar-refractivity contribution < 1.29 is 9.90 Å². The molecule has 1 saturated heterocycles. The average Bonchev–Trinajstić information content (AvgIpc) is 2.40. The molecule has 1 amide bonds. The molecule has 0 radical (unpaired) electrons. The first-order valence-corrected chi connectivity index (χ1v) is 7.34. The van der Waals surface area contributed by atoms with Gasteiger partial charge in [-0.3, -0.25) is 9.69 Å². The van der Waals surface area contributed by atoms with E-state index in [4.69, 9.17) is 0 Å². The van der Waals surface area contributed by atoms with Crippen LogP contribution in [0, 0.1) is 0 Å². The van der Waals surface area contributed by atoms with Gasteiger partial charge in [-0.1, -0.05) is 12.1 Å². The number of aliphatic hydroxyl groups excluding tert-OH is 1. The van der Waals surface area contributed by atoms with Gasteiger partial charge in [0.25, 0.3) is 0 Å². The lowest BCUT2D eigenvalue weighted by atomic mass is 10.1. The molecule has 0 spiro atoms. The molecule has 104 valence electrons. The molecule has 2 atom stereocenters. The highest BCUT2D eigenvalue weighted by Gasteiger charge is 2.26.